The van der Waals surface area contributed by atoms with Crippen LogP contribution in [0.25, 0.3) is 10.9 Å². The number of hydrogen-bond donors (Lipinski definition) is 2. The second-order valence-corrected chi connectivity index (χ2v) is 7.31. The van der Waals surface area contributed by atoms with Crippen LogP contribution in [0.3, 0.4) is 0 Å². The number of nitrogens with zero attached hydrogens (tertiary/aromatic N) is 3. The highest BCUT2D eigenvalue weighted by Gasteiger charge is 2.19. The van der Waals surface area contributed by atoms with Gasteiger partial charge in [0, 0.05) is 31.6 Å². The third-order valence-corrected chi connectivity index (χ3v) is 5.32. The van der Waals surface area contributed by atoms with Crippen molar-refractivity contribution in [1.82, 2.24) is 14.9 Å². The first-order valence-electron chi connectivity index (χ1n) is 9.54. The van der Waals surface area contributed by atoms with Gasteiger partial charge in [-0.25, -0.2) is 4.39 Å². The predicted molar refractivity (Wildman–Crippen MR) is 111 cm³/mol. The van der Waals surface area contributed by atoms with Crippen molar-refractivity contribution in [3.8, 4) is 5.88 Å². The quantitative estimate of drug-likeness (QED) is 0.708. The zero-order valence-electron chi connectivity index (χ0n) is 16.8. The SMILES string of the molecule is COc1nc(N2CCN(C)CC2)ccc1NC(=O)c1cc2c(C)ccc(F)c2[nH]1. The first kappa shape index (κ1) is 19.2. The molecule has 1 saturated heterocycles. The van der Waals surface area contributed by atoms with Gasteiger partial charge >= 0.3 is 0 Å². The van der Waals surface area contributed by atoms with E-state index < -0.39 is 0 Å². The largest absolute Gasteiger partial charge is 0.479 e. The van der Waals surface area contributed by atoms with Gasteiger partial charge in [0.25, 0.3) is 5.91 Å². The molecule has 0 unspecified atom stereocenters. The summed E-state index contributed by atoms with van der Waals surface area (Å²) in [7, 11) is 3.62. The number of aromatic nitrogens is 2. The van der Waals surface area contributed by atoms with Gasteiger partial charge in [-0.15, -0.1) is 0 Å². The number of fused-ring (bicyclic) bond motifs is 1. The highest BCUT2D eigenvalue weighted by molar-refractivity contribution is 6.06. The van der Waals surface area contributed by atoms with E-state index in [1.54, 1.807) is 18.2 Å². The summed E-state index contributed by atoms with van der Waals surface area (Å²) in [5, 5.41) is 3.49. The van der Waals surface area contributed by atoms with Crippen molar-refractivity contribution in [2.45, 2.75) is 6.92 Å². The first-order valence-corrected chi connectivity index (χ1v) is 9.54. The molecule has 4 rings (SSSR count). The molecule has 0 bridgehead atoms. The van der Waals surface area contributed by atoms with Crippen molar-refractivity contribution in [1.29, 1.82) is 0 Å². The number of hydrogen-bond acceptors (Lipinski definition) is 5. The summed E-state index contributed by atoms with van der Waals surface area (Å²) < 4.78 is 19.4. The van der Waals surface area contributed by atoms with Crippen LogP contribution < -0.4 is 15.0 Å². The van der Waals surface area contributed by atoms with Crippen molar-refractivity contribution >= 4 is 28.3 Å². The molecule has 3 aromatic rings. The second kappa shape index (κ2) is 7.71. The van der Waals surface area contributed by atoms with Crippen LogP contribution in [0.15, 0.2) is 30.3 Å². The minimum atomic E-state index is -0.388. The third kappa shape index (κ3) is 3.75. The molecule has 0 atom stereocenters. The molecule has 1 amide bonds. The smallest absolute Gasteiger partial charge is 0.272 e. The molecule has 152 valence electrons. The van der Waals surface area contributed by atoms with Crippen LogP contribution in [0.2, 0.25) is 0 Å². The topological polar surface area (TPSA) is 73.5 Å². The molecular formula is C21H24FN5O2. The molecule has 2 aromatic heterocycles. The fourth-order valence-electron chi connectivity index (χ4n) is 3.53. The third-order valence-electron chi connectivity index (χ3n) is 5.32. The number of aryl methyl sites for hydroxylation is 1. The van der Waals surface area contributed by atoms with Gasteiger partial charge in [-0.1, -0.05) is 6.07 Å². The Bertz CT molecular complexity index is 1020. The van der Waals surface area contributed by atoms with Crippen LogP contribution >= 0.6 is 0 Å². The summed E-state index contributed by atoms with van der Waals surface area (Å²) in [6, 6.07) is 8.39. The van der Waals surface area contributed by atoms with Crippen LogP contribution in [0, 0.1) is 12.7 Å². The molecule has 2 N–H and O–H groups in total. The number of anilines is 2. The van der Waals surface area contributed by atoms with E-state index in [0.29, 0.717) is 22.5 Å². The van der Waals surface area contributed by atoms with Gasteiger partial charge in [0.2, 0.25) is 5.88 Å². The summed E-state index contributed by atoms with van der Waals surface area (Å²) in [4.78, 5) is 24.6. The Morgan fingerprint density at radius 2 is 1.97 bits per heavy atom. The Balaban J connectivity index is 1.56. The lowest BCUT2D eigenvalue weighted by Crippen LogP contribution is -2.44. The number of methoxy groups -OCH3 is 1. The van der Waals surface area contributed by atoms with Crippen LogP contribution in [0.5, 0.6) is 5.88 Å². The van der Waals surface area contributed by atoms with Crippen LogP contribution in [-0.2, 0) is 0 Å². The van der Waals surface area contributed by atoms with Crippen LogP contribution in [-0.4, -0.2) is 61.1 Å². The fraction of sp³-hybridized carbons (Fsp3) is 0.333. The van der Waals surface area contributed by atoms with Gasteiger partial charge in [0.1, 0.15) is 23.0 Å². The number of piperazine rings is 1. The number of halogens is 1. The number of H-pyrrole nitrogens is 1. The summed E-state index contributed by atoms with van der Waals surface area (Å²) in [6.07, 6.45) is 0. The van der Waals surface area contributed by atoms with Gasteiger partial charge < -0.3 is 24.8 Å². The molecule has 1 aromatic carbocycles. The molecule has 1 fully saturated rings. The van der Waals surface area contributed by atoms with E-state index in [2.05, 4.69) is 32.1 Å². The van der Waals surface area contributed by atoms with Crippen LogP contribution in [0.1, 0.15) is 16.1 Å². The van der Waals surface area contributed by atoms with Gasteiger partial charge in [0.05, 0.1) is 12.6 Å². The van der Waals surface area contributed by atoms with E-state index in [9.17, 15) is 9.18 Å². The Labute approximate surface area is 168 Å². The summed E-state index contributed by atoms with van der Waals surface area (Å²) >= 11 is 0. The zero-order chi connectivity index (χ0) is 20.5. The normalized spacial score (nSPS) is 15.0. The number of nitrogens with one attached hydrogen (secondary N) is 2. The van der Waals surface area contributed by atoms with Crippen LogP contribution in [0.4, 0.5) is 15.9 Å². The van der Waals surface area contributed by atoms with Gasteiger partial charge in [0.15, 0.2) is 0 Å². The molecule has 0 radical (unpaired) electrons. The summed E-state index contributed by atoms with van der Waals surface area (Å²) in [5.41, 5.74) is 1.96. The molecule has 7 nitrogen and oxygen atoms in total. The minimum Gasteiger partial charge on any atom is -0.479 e. The standard InChI is InChI=1S/C21H24FN5O2/c1-13-4-5-15(22)19-14(13)12-17(23-19)20(28)24-16-6-7-18(25-21(16)29-3)27-10-8-26(2)9-11-27/h4-7,12,23H,8-11H2,1-3H3,(H,24,28). The number of carbonyl (C=O) groups is 1. The number of pyridine rings is 1. The van der Waals surface area contributed by atoms with E-state index in [-0.39, 0.29) is 17.4 Å². The number of rotatable bonds is 4. The predicted octanol–water partition coefficient (Wildman–Crippen LogP) is 3.02. The van der Waals surface area contributed by atoms with Gasteiger partial charge in [-0.05, 0) is 43.8 Å². The number of likely N-dealkylation sites (N-methyl/N-ethyl adjacent to an activating group) is 1. The number of aromatic amines is 1. The molecule has 3 heterocycles. The molecule has 0 saturated carbocycles. The molecule has 8 heteroatoms. The zero-order valence-corrected chi connectivity index (χ0v) is 16.8. The second-order valence-electron chi connectivity index (χ2n) is 7.31. The maximum absolute atomic E-state index is 14.0. The average Bonchev–Trinajstić information content (AvgIpc) is 3.19. The Morgan fingerprint density at radius 3 is 2.66 bits per heavy atom. The lowest BCUT2D eigenvalue weighted by molar-refractivity contribution is 0.102. The molecule has 0 spiro atoms. The maximum Gasteiger partial charge on any atom is 0.272 e. The number of benzene rings is 1. The highest BCUT2D eigenvalue weighted by Crippen LogP contribution is 2.28. The van der Waals surface area contributed by atoms with E-state index >= 15 is 0 Å². The van der Waals surface area contributed by atoms with E-state index in [1.807, 2.05) is 13.0 Å². The van der Waals surface area contributed by atoms with E-state index in [1.165, 1.54) is 13.2 Å². The fourth-order valence-corrected chi connectivity index (χ4v) is 3.53. The lowest BCUT2D eigenvalue weighted by atomic mass is 10.1. The minimum absolute atomic E-state index is 0.276. The highest BCUT2D eigenvalue weighted by atomic mass is 19.1. The van der Waals surface area contributed by atoms with Gasteiger partial charge in [-0.2, -0.15) is 4.98 Å². The lowest BCUT2D eigenvalue weighted by Gasteiger charge is -2.33. The number of ether oxygens (including phenoxy) is 1. The first-order chi connectivity index (χ1) is 14.0. The molecule has 1 aliphatic heterocycles. The Kier molecular flexibility index (Phi) is 5.10. The molecule has 1 aliphatic rings. The van der Waals surface area contributed by atoms with Crippen molar-refractivity contribution < 1.29 is 13.9 Å². The van der Waals surface area contributed by atoms with E-state index in [4.69, 9.17) is 4.74 Å². The van der Waals surface area contributed by atoms with Crippen molar-refractivity contribution in [3.05, 3.63) is 47.4 Å². The summed E-state index contributed by atoms with van der Waals surface area (Å²) in [5.74, 6) is 0.386. The molecule has 0 aliphatic carbocycles. The average molecular weight is 397 g/mol. The van der Waals surface area contributed by atoms with Crippen molar-refractivity contribution in [2.24, 2.45) is 0 Å². The van der Waals surface area contributed by atoms with E-state index in [0.717, 1.165) is 37.6 Å². The Morgan fingerprint density at radius 1 is 1.21 bits per heavy atom. The molecule has 29 heavy (non-hydrogen) atoms. The van der Waals surface area contributed by atoms with Gasteiger partial charge in [-0.3, -0.25) is 4.79 Å². The number of carbonyl (C=O) groups excluding carboxylic acids is 1. The van der Waals surface area contributed by atoms with Crippen molar-refractivity contribution in [3.63, 3.8) is 0 Å². The number of amides is 1. The monoisotopic (exact) mass is 397 g/mol. The Hall–Kier alpha value is -3.13. The summed E-state index contributed by atoms with van der Waals surface area (Å²) in [6.45, 7) is 5.59. The van der Waals surface area contributed by atoms with Crippen molar-refractivity contribution in [2.75, 3.05) is 50.6 Å². The maximum atomic E-state index is 14.0. The molecular weight excluding hydrogens is 373 g/mol.